The van der Waals surface area contributed by atoms with Crippen LogP contribution in [0.5, 0.6) is 0 Å². The van der Waals surface area contributed by atoms with Gasteiger partial charge in [-0.1, -0.05) is 18.5 Å². The third kappa shape index (κ3) is 5.66. The molecule has 1 unspecified atom stereocenters. The molecule has 2 aromatic carbocycles. The number of morpholine rings is 1. The molecule has 168 valence electrons. The monoisotopic (exact) mass is 469 g/mol. The minimum atomic E-state index is -3.84. The topological polar surface area (TPSA) is 79.0 Å². The summed E-state index contributed by atoms with van der Waals surface area (Å²) in [6.45, 7) is 4.65. The quantitative estimate of drug-likeness (QED) is 0.671. The summed E-state index contributed by atoms with van der Waals surface area (Å²) in [5.41, 5.74) is 1.69. The lowest BCUT2D eigenvalue weighted by molar-refractivity contribution is -0.117. The number of sulfonamides is 1. The molecule has 1 atom stereocenters. The molecule has 1 heterocycles. The third-order valence-electron chi connectivity index (χ3n) is 5.00. The summed E-state index contributed by atoms with van der Waals surface area (Å²) in [6, 6.07) is 9.87. The average Bonchev–Trinajstić information content (AvgIpc) is 2.74. The van der Waals surface area contributed by atoms with Gasteiger partial charge in [0.25, 0.3) is 0 Å². The maximum absolute atomic E-state index is 13.6. The van der Waals surface area contributed by atoms with Crippen molar-refractivity contribution < 1.29 is 22.3 Å². The Balaban J connectivity index is 1.80. The van der Waals surface area contributed by atoms with E-state index in [0.29, 0.717) is 18.9 Å². The molecule has 7 nitrogen and oxygen atoms in total. The molecule has 31 heavy (non-hydrogen) atoms. The number of ether oxygens (including phenoxy) is 1. The number of nitrogens with zero attached hydrogens (tertiary/aromatic N) is 2. The standard InChI is InChI=1S/C21H25ClFN3O4S/c1-3-20(26(31(2,28)29)17-8-9-19(23)18(22)14-17)21(27)24-15-4-6-16(7-5-15)25-10-12-30-13-11-25/h4-9,14,20H,3,10-13H2,1-2H3,(H,24,27). The molecule has 1 fully saturated rings. The van der Waals surface area contributed by atoms with Gasteiger partial charge in [-0.15, -0.1) is 0 Å². The van der Waals surface area contributed by atoms with Gasteiger partial charge in [0.15, 0.2) is 0 Å². The fraction of sp³-hybridized carbons (Fsp3) is 0.381. The predicted molar refractivity (Wildman–Crippen MR) is 121 cm³/mol. The molecular weight excluding hydrogens is 445 g/mol. The third-order valence-corrected chi connectivity index (χ3v) is 6.47. The number of nitrogens with one attached hydrogen (secondary N) is 1. The highest BCUT2D eigenvalue weighted by atomic mass is 35.5. The van der Waals surface area contributed by atoms with Gasteiger partial charge in [-0.2, -0.15) is 0 Å². The van der Waals surface area contributed by atoms with E-state index >= 15 is 0 Å². The molecule has 2 aromatic rings. The maximum atomic E-state index is 13.6. The Bertz CT molecular complexity index is 1030. The number of rotatable bonds is 7. The Morgan fingerprint density at radius 1 is 1.23 bits per heavy atom. The van der Waals surface area contributed by atoms with Crippen LogP contribution in [0.15, 0.2) is 42.5 Å². The van der Waals surface area contributed by atoms with E-state index in [1.54, 1.807) is 19.1 Å². The van der Waals surface area contributed by atoms with Crippen LogP contribution in [0.4, 0.5) is 21.5 Å². The zero-order valence-corrected chi connectivity index (χ0v) is 18.9. The Labute approximate surface area is 186 Å². The lowest BCUT2D eigenvalue weighted by Gasteiger charge is -2.30. The predicted octanol–water partition coefficient (Wildman–Crippen LogP) is 3.50. The summed E-state index contributed by atoms with van der Waals surface area (Å²) in [4.78, 5) is 15.2. The number of benzene rings is 2. The van der Waals surface area contributed by atoms with Crippen molar-refractivity contribution in [2.45, 2.75) is 19.4 Å². The van der Waals surface area contributed by atoms with Crippen LogP contribution in [0, 0.1) is 5.82 Å². The van der Waals surface area contributed by atoms with Gasteiger partial charge in [0.2, 0.25) is 15.9 Å². The summed E-state index contributed by atoms with van der Waals surface area (Å²) >= 11 is 5.84. The zero-order chi connectivity index (χ0) is 22.6. The van der Waals surface area contributed by atoms with Gasteiger partial charge in [0, 0.05) is 24.5 Å². The number of hydrogen-bond acceptors (Lipinski definition) is 5. The number of anilines is 3. The van der Waals surface area contributed by atoms with E-state index in [9.17, 15) is 17.6 Å². The second kappa shape index (κ2) is 9.84. The molecule has 0 spiro atoms. The lowest BCUT2D eigenvalue weighted by Crippen LogP contribution is -2.47. The van der Waals surface area contributed by atoms with Crippen LogP contribution in [0.25, 0.3) is 0 Å². The molecule has 1 amide bonds. The molecule has 1 aliphatic heterocycles. The molecule has 0 radical (unpaired) electrons. The van der Waals surface area contributed by atoms with E-state index < -0.39 is 27.8 Å². The van der Waals surface area contributed by atoms with Crippen LogP contribution in [-0.4, -0.2) is 52.9 Å². The summed E-state index contributed by atoms with van der Waals surface area (Å²) in [7, 11) is -3.84. The first-order valence-electron chi connectivity index (χ1n) is 9.88. The van der Waals surface area contributed by atoms with Gasteiger partial charge in [0.1, 0.15) is 11.9 Å². The van der Waals surface area contributed by atoms with E-state index in [0.717, 1.165) is 35.4 Å². The highest BCUT2D eigenvalue weighted by molar-refractivity contribution is 7.92. The van der Waals surface area contributed by atoms with Crippen molar-refractivity contribution in [3.8, 4) is 0 Å². The smallest absolute Gasteiger partial charge is 0.248 e. The summed E-state index contributed by atoms with van der Waals surface area (Å²) < 4.78 is 44.9. The van der Waals surface area contributed by atoms with Crippen molar-refractivity contribution in [1.82, 2.24) is 0 Å². The molecule has 0 aliphatic carbocycles. The normalized spacial score (nSPS) is 15.4. The van der Waals surface area contributed by atoms with Crippen LogP contribution >= 0.6 is 11.6 Å². The molecule has 0 aromatic heterocycles. The van der Waals surface area contributed by atoms with Gasteiger partial charge in [-0.25, -0.2) is 12.8 Å². The first-order valence-corrected chi connectivity index (χ1v) is 12.1. The molecular formula is C21H25ClFN3O4S. The minimum absolute atomic E-state index is 0.124. The highest BCUT2D eigenvalue weighted by Crippen LogP contribution is 2.28. The van der Waals surface area contributed by atoms with Crippen LogP contribution in [0.2, 0.25) is 5.02 Å². The van der Waals surface area contributed by atoms with Gasteiger partial charge >= 0.3 is 0 Å². The fourth-order valence-corrected chi connectivity index (χ4v) is 4.86. The second-order valence-electron chi connectivity index (χ2n) is 7.22. The first-order chi connectivity index (χ1) is 14.7. The number of amides is 1. The molecule has 0 saturated carbocycles. The number of carbonyl (C=O) groups excluding carboxylic acids is 1. The SMILES string of the molecule is CCC(C(=O)Nc1ccc(N2CCOCC2)cc1)N(c1ccc(F)c(Cl)c1)S(C)(=O)=O. The maximum Gasteiger partial charge on any atom is 0.248 e. The van der Waals surface area contributed by atoms with Gasteiger partial charge in [-0.05, 0) is 48.9 Å². The lowest BCUT2D eigenvalue weighted by atomic mass is 10.1. The first kappa shape index (κ1) is 23.3. The van der Waals surface area contributed by atoms with Crippen molar-refractivity contribution in [3.63, 3.8) is 0 Å². The van der Waals surface area contributed by atoms with Gasteiger partial charge in [-0.3, -0.25) is 9.10 Å². The van der Waals surface area contributed by atoms with E-state index in [1.807, 2.05) is 12.1 Å². The van der Waals surface area contributed by atoms with Crippen molar-refractivity contribution in [2.75, 3.05) is 47.1 Å². The van der Waals surface area contributed by atoms with Crippen molar-refractivity contribution >= 4 is 44.6 Å². The average molecular weight is 470 g/mol. The van der Waals surface area contributed by atoms with E-state index in [4.69, 9.17) is 16.3 Å². The minimum Gasteiger partial charge on any atom is -0.378 e. The molecule has 1 aliphatic rings. The van der Waals surface area contributed by atoms with E-state index in [-0.39, 0.29) is 17.1 Å². The Morgan fingerprint density at radius 2 is 1.87 bits per heavy atom. The second-order valence-corrected chi connectivity index (χ2v) is 9.48. The molecule has 3 rings (SSSR count). The largest absolute Gasteiger partial charge is 0.378 e. The van der Waals surface area contributed by atoms with Crippen LogP contribution in [0.3, 0.4) is 0 Å². The summed E-state index contributed by atoms with van der Waals surface area (Å²) in [6.07, 6.45) is 1.21. The Hall–Kier alpha value is -2.36. The van der Waals surface area contributed by atoms with Gasteiger partial charge < -0.3 is 15.0 Å². The molecule has 1 N–H and O–H groups in total. The summed E-state index contributed by atoms with van der Waals surface area (Å²) in [5.74, 6) is -1.16. The van der Waals surface area contributed by atoms with Crippen molar-refractivity contribution in [2.24, 2.45) is 0 Å². The van der Waals surface area contributed by atoms with Crippen molar-refractivity contribution in [3.05, 3.63) is 53.3 Å². The van der Waals surface area contributed by atoms with Crippen LogP contribution in [-0.2, 0) is 19.6 Å². The summed E-state index contributed by atoms with van der Waals surface area (Å²) in [5, 5.41) is 2.55. The Morgan fingerprint density at radius 3 is 2.42 bits per heavy atom. The Kier molecular flexibility index (Phi) is 7.40. The van der Waals surface area contributed by atoms with Crippen molar-refractivity contribution in [1.29, 1.82) is 0 Å². The molecule has 1 saturated heterocycles. The van der Waals surface area contributed by atoms with E-state index in [1.165, 1.54) is 12.1 Å². The van der Waals surface area contributed by atoms with Crippen LogP contribution < -0.4 is 14.5 Å². The molecule has 10 heteroatoms. The van der Waals surface area contributed by atoms with Gasteiger partial charge in [0.05, 0.1) is 30.2 Å². The number of carbonyl (C=O) groups is 1. The highest BCUT2D eigenvalue weighted by Gasteiger charge is 2.32. The fourth-order valence-electron chi connectivity index (χ4n) is 3.49. The number of halogens is 2. The van der Waals surface area contributed by atoms with Crippen LogP contribution in [0.1, 0.15) is 13.3 Å². The zero-order valence-electron chi connectivity index (χ0n) is 17.3. The van der Waals surface area contributed by atoms with E-state index in [2.05, 4.69) is 10.2 Å². The number of hydrogen-bond donors (Lipinski definition) is 1. The molecule has 0 bridgehead atoms.